The average molecular weight is 347 g/mol. The molecule has 0 heterocycles. The lowest BCUT2D eigenvalue weighted by atomic mass is 10.1. The highest BCUT2D eigenvalue weighted by molar-refractivity contribution is 7.98. The Kier molecular flexibility index (Phi) is 8.44. The number of benzene rings is 1. The minimum Gasteiger partial charge on any atom is -0.480 e. The van der Waals surface area contributed by atoms with Gasteiger partial charge in [0.1, 0.15) is 17.7 Å². The standard InChI is InChI=1S/C17H21N3O3S/c1-12-4-3-5-13(8-12)10-19-11-14(9-18)16(21)20-15(17(22)23)6-7-24-2/h3-5,8,11,15,19H,6-7,10H2,1-2H3,(H,20,21)(H,22,23)/b14-11-. The lowest BCUT2D eigenvalue weighted by Gasteiger charge is -2.13. The van der Waals surface area contributed by atoms with Crippen molar-refractivity contribution in [3.8, 4) is 6.07 Å². The molecule has 0 aliphatic rings. The van der Waals surface area contributed by atoms with Gasteiger partial charge in [-0.3, -0.25) is 4.79 Å². The topological polar surface area (TPSA) is 102 Å². The van der Waals surface area contributed by atoms with Crippen LogP contribution in [0.3, 0.4) is 0 Å². The van der Waals surface area contributed by atoms with Crippen molar-refractivity contribution in [1.29, 1.82) is 5.26 Å². The molecule has 0 spiro atoms. The van der Waals surface area contributed by atoms with Crippen LogP contribution in [0.1, 0.15) is 17.5 Å². The molecule has 1 aromatic carbocycles. The number of amides is 1. The maximum absolute atomic E-state index is 12.0. The summed E-state index contributed by atoms with van der Waals surface area (Å²) in [6.07, 6.45) is 3.47. The Morgan fingerprint density at radius 3 is 2.79 bits per heavy atom. The quantitative estimate of drug-likeness (QED) is 0.465. The van der Waals surface area contributed by atoms with E-state index in [2.05, 4.69) is 10.6 Å². The molecule has 0 aromatic heterocycles. The molecule has 0 bridgehead atoms. The van der Waals surface area contributed by atoms with Crippen molar-refractivity contribution >= 4 is 23.6 Å². The van der Waals surface area contributed by atoms with Crippen molar-refractivity contribution < 1.29 is 14.7 Å². The molecule has 0 aliphatic heterocycles. The van der Waals surface area contributed by atoms with Crippen molar-refractivity contribution in [1.82, 2.24) is 10.6 Å². The number of hydrogen-bond acceptors (Lipinski definition) is 5. The molecular formula is C17H21N3O3S. The van der Waals surface area contributed by atoms with Crippen LogP contribution in [0.5, 0.6) is 0 Å². The molecule has 128 valence electrons. The van der Waals surface area contributed by atoms with E-state index in [-0.39, 0.29) is 5.57 Å². The third-order valence-corrected chi connectivity index (χ3v) is 3.86. The van der Waals surface area contributed by atoms with Gasteiger partial charge < -0.3 is 15.7 Å². The molecule has 1 atom stereocenters. The first kappa shape index (κ1) is 19.6. The van der Waals surface area contributed by atoms with Crippen molar-refractivity contribution in [3.63, 3.8) is 0 Å². The summed E-state index contributed by atoms with van der Waals surface area (Å²) in [5.41, 5.74) is 1.99. The van der Waals surface area contributed by atoms with Crippen LogP contribution >= 0.6 is 11.8 Å². The molecule has 0 aliphatic carbocycles. The van der Waals surface area contributed by atoms with Crippen molar-refractivity contribution in [2.75, 3.05) is 12.0 Å². The lowest BCUT2D eigenvalue weighted by molar-refractivity contribution is -0.141. The zero-order valence-corrected chi connectivity index (χ0v) is 14.5. The summed E-state index contributed by atoms with van der Waals surface area (Å²) in [4.78, 5) is 23.2. The smallest absolute Gasteiger partial charge is 0.326 e. The van der Waals surface area contributed by atoms with Crippen LogP contribution < -0.4 is 10.6 Å². The number of carbonyl (C=O) groups is 2. The SMILES string of the molecule is CSCCC(NC(=O)/C(C#N)=C\NCc1cccc(C)c1)C(=O)O. The first-order valence-corrected chi connectivity index (χ1v) is 8.79. The Morgan fingerprint density at radius 2 is 2.21 bits per heavy atom. The van der Waals surface area contributed by atoms with Gasteiger partial charge in [-0.05, 0) is 30.9 Å². The number of aliphatic carboxylic acids is 1. The first-order chi connectivity index (χ1) is 11.5. The number of nitrogens with zero attached hydrogens (tertiary/aromatic N) is 1. The van der Waals surface area contributed by atoms with E-state index in [0.29, 0.717) is 18.7 Å². The van der Waals surface area contributed by atoms with Crippen LogP contribution in [0.2, 0.25) is 0 Å². The molecule has 0 saturated carbocycles. The summed E-state index contributed by atoms with van der Waals surface area (Å²) in [6.45, 7) is 2.45. The number of hydrogen-bond donors (Lipinski definition) is 3. The van der Waals surface area contributed by atoms with Gasteiger partial charge in [0.15, 0.2) is 0 Å². The summed E-state index contributed by atoms with van der Waals surface area (Å²) in [6, 6.07) is 8.62. The monoisotopic (exact) mass is 347 g/mol. The number of thioether (sulfide) groups is 1. The van der Waals surface area contributed by atoms with Gasteiger partial charge in [0.2, 0.25) is 0 Å². The maximum atomic E-state index is 12.0. The van der Waals surface area contributed by atoms with Crippen LogP contribution in [0, 0.1) is 18.3 Å². The average Bonchev–Trinajstić information content (AvgIpc) is 2.55. The fraction of sp³-hybridized carbons (Fsp3) is 0.353. The highest BCUT2D eigenvalue weighted by atomic mass is 32.2. The third-order valence-electron chi connectivity index (χ3n) is 3.21. The Labute approximate surface area is 145 Å². The molecule has 0 saturated heterocycles. The van der Waals surface area contributed by atoms with Gasteiger partial charge in [0.25, 0.3) is 5.91 Å². The molecule has 0 radical (unpaired) electrons. The minimum absolute atomic E-state index is 0.155. The number of rotatable bonds is 9. The fourth-order valence-electron chi connectivity index (χ4n) is 1.97. The van der Waals surface area contributed by atoms with E-state index in [1.165, 1.54) is 18.0 Å². The number of carboxylic acid groups (broad SMARTS) is 1. The summed E-state index contributed by atoms with van der Waals surface area (Å²) in [7, 11) is 0. The van der Waals surface area contributed by atoms with E-state index in [0.717, 1.165) is 11.1 Å². The van der Waals surface area contributed by atoms with Crippen LogP contribution in [0.15, 0.2) is 36.0 Å². The Balaban J connectivity index is 2.64. The molecule has 1 unspecified atom stereocenters. The van der Waals surface area contributed by atoms with Crippen molar-refractivity contribution in [3.05, 3.63) is 47.2 Å². The van der Waals surface area contributed by atoms with Crippen LogP contribution in [0.25, 0.3) is 0 Å². The van der Waals surface area contributed by atoms with Crippen LogP contribution in [0.4, 0.5) is 0 Å². The zero-order chi connectivity index (χ0) is 17.9. The predicted molar refractivity (Wildman–Crippen MR) is 94.3 cm³/mol. The zero-order valence-electron chi connectivity index (χ0n) is 13.7. The summed E-state index contributed by atoms with van der Waals surface area (Å²) < 4.78 is 0. The fourth-order valence-corrected chi connectivity index (χ4v) is 2.44. The van der Waals surface area contributed by atoms with E-state index in [4.69, 9.17) is 10.4 Å². The second-order valence-electron chi connectivity index (χ2n) is 5.19. The van der Waals surface area contributed by atoms with Gasteiger partial charge in [0, 0.05) is 12.7 Å². The Bertz CT molecular complexity index is 653. The third kappa shape index (κ3) is 6.75. The van der Waals surface area contributed by atoms with E-state index in [1.807, 2.05) is 37.4 Å². The second-order valence-corrected chi connectivity index (χ2v) is 6.17. The van der Waals surface area contributed by atoms with Gasteiger partial charge in [-0.1, -0.05) is 29.8 Å². The molecule has 1 rings (SSSR count). The summed E-state index contributed by atoms with van der Waals surface area (Å²) >= 11 is 1.49. The van der Waals surface area contributed by atoms with E-state index >= 15 is 0 Å². The first-order valence-electron chi connectivity index (χ1n) is 7.39. The number of nitriles is 1. The van der Waals surface area contributed by atoms with E-state index in [1.54, 1.807) is 6.07 Å². The molecule has 7 heteroatoms. The van der Waals surface area contributed by atoms with Gasteiger partial charge in [-0.25, -0.2) is 4.79 Å². The van der Waals surface area contributed by atoms with Gasteiger partial charge in [-0.15, -0.1) is 0 Å². The Morgan fingerprint density at radius 1 is 1.46 bits per heavy atom. The number of carbonyl (C=O) groups excluding carboxylic acids is 1. The second kappa shape index (κ2) is 10.3. The lowest BCUT2D eigenvalue weighted by Crippen LogP contribution is -2.41. The number of carboxylic acids is 1. The molecule has 0 fully saturated rings. The maximum Gasteiger partial charge on any atom is 0.326 e. The van der Waals surface area contributed by atoms with Crippen LogP contribution in [-0.4, -0.2) is 35.0 Å². The van der Waals surface area contributed by atoms with Gasteiger partial charge in [-0.2, -0.15) is 17.0 Å². The van der Waals surface area contributed by atoms with Gasteiger partial charge >= 0.3 is 5.97 Å². The predicted octanol–water partition coefficient (Wildman–Crippen LogP) is 1.81. The molecule has 1 aromatic rings. The summed E-state index contributed by atoms with van der Waals surface area (Å²) in [5, 5.41) is 23.5. The molecule has 1 amide bonds. The van der Waals surface area contributed by atoms with Gasteiger partial charge in [0.05, 0.1) is 0 Å². The molecule has 6 nitrogen and oxygen atoms in total. The number of nitrogens with one attached hydrogen (secondary N) is 2. The molecular weight excluding hydrogens is 326 g/mol. The van der Waals surface area contributed by atoms with E-state index < -0.39 is 17.9 Å². The number of aryl methyl sites for hydroxylation is 1. The van der Waals surface area contributed by atoms with Crippen LogP contribution in [-0.2, 0) is 16.1 Å². The van der Waals surface area contributed by atoms with Crippen molar-refractivity contribution in [2.24, 2.45) is 0 Å². The minimum atomic E-state index is -1.11. The highest BCUT2D eigenvalue weighted by Crippen LogP contribution is 2.05. The normalized spacial score (nSPS) is 12.1. The highest BCUT2D eigenvalue weighted by Gasteiger charge is 2.21. The molecule has 24 heavy (non-hydrogen) atoms. The van der Waals surface area contributed by atoms with Crippen molar-refractivity contribution in [2.45, 2.75) is 25.9 Å². The molecule has 3 N–H and O–H groups in total. The van der Waals surface area contributed by atoms with E-state index in [9.17, 15) is 9.59 Å². The Hall–Kier alpha value is -2.46. The summed E-state index contributed by atoms with van der Waals surface area (Å²) in [5.74, 6) is -1.20. The largest absolute Gasteiger partial charge is 0.480 e.